The summed E-state index contributed by atoms with van der Waals surface area (Å²) in [6.07, 6.45) is 1.70. The Morgan fingerprint density at radius 3 is 2.30 bits per heavy atom. The molecule has 1 fully saturated rings. The Hall–Kier alpha value is -0.940. The number of hydrazine groups is 1. The third kappa shape index (κ3) is 2.74. The highest BCUT2D eigenvalue weighted by molar-refractivity contribution is 5.39. The van der Waals surface area contributed by atoms with Crippen molar-refractivity contribution < 1.29 is 9.47 Å². The molecular weight excluding hydrogens is 252 g/mol. The number of hydrogen-bond acceptors (Lipinski definition) is 4. The zero-order chi connectivity index (χ0) is 14.8. The van der Waals surface area contributed by atoms with Gasteiger partial charge in [0.1, 0.15) is 0 Å². The van der Waals surface area contributed by atoms with Crippen LogP contribution in [-0.4, -0.2) is 25.9 Å². The van der Waals surface area contributed by atoms with Crippen molar-refractivity contribution in [3.05, 3.63) is 34.4 Å². The number of nitrogens with two attached hydrogens (primary N) is 1. The summed E-state index contributed by atoms with van der Waals surface area (Å²) in [7, 11) is 1.77. The van der Waals surface area contributed by atoms with Crippen molar-refractivity contribution >= 4 is 0 Å². The van der Waals surface area contributed by atoms with E-state index in [1.807, 2.05) is 0 Å². The maximum Gasteiger partial charge on any atom is 0.0929 e. The third-order valence-corrected chi connectivity index (χ3v) is 4.63. The standard InChI is InChI=1S/C16H26N2O2/c1-11-9-13(3)14(10-12(11)2)15(18-17)16(19-4)5-7-20-8-6-16/h9-10,15,18H,5-8,17H2,1-4H3. The first-order chi connectivity index (χ1) is 9.54. The van der Waals surface area contributed by atoms with Crippen molar-refractivity contribution in [3.63, 3.8) is 0 Å². The van der Waals surface area contributed by atoms with E-state index in [-0.39, 0.29) is 11.6 Å². The minimum absolute atomic E-state index is 0.0179. The summed E-state index contributed by atoms with van der Waals surface area (Å²) in [4.78, 5) is 0. The Morgan fingerprint density at radius 1 is 1.15 bits per heavy atom. The van der Waals surface area contributed by atoms with Gasteiger partial charge in [0.2, 0.25) is 0 Å². The van der Waals surface area contributed by atoms with Crippen LogP contribution >= 0.6 is 0 Å². The molecule has 1 aliphatic rings. The van der Waals surface area contributed by atoms with Gasteiger partial charge in [0.05, 0.1) is 11.6 Å². The molecule has 1 saturated heterocycles. The number of rotatable bonds is 4. The molecular formula is C16H26N2O2. The van der Waals surface area contributed by atoms with E-state index in [0.717, 1.165) is 26.1 Å². The highest BCUT2D eigenvalue weighted by Crippen LogP contribution is 2.38. The Kier molecular flexibility index (Phi) is 4.81. The van der Waals surface area contributed by atoms with Crippen LogP contribution in [0.1, 0.15) is 41.1 Å². The van der Waals surface area contributed by atoms with Gasteiger partial charge in [-0.15, -0.1) is 0 Å². The molecule has 3 N–H and O–H groups in total. The van der Waals surface area contributed by atoms with E-state index in [9.17, 15) is 0 Å². The van der Waals surface area contributed by atoms with Gasteiger partial charge in [0.15, 0.2) is 0 Å². The minimum atomic E-state index is -0.292. The molecule has 4 nitrogen and oxygen atoms in total. The van der Waals surface area contributed by atoms with Gasteiger partial charge in [-0.3, -0.25) is 11.3 Å². The van der Waals surface area contributed by atoms with E-state index in [1.165, 1.54) is 22.3 Å². The van der Waals surface area contributed by atoms with Crippen molar-refractivity contribution in [2.75, 3.05) is 20.3 Å². The fourth-order valence-electron chi connectivity index (χ4n) is 3.15. The van der Waals surface area contributed by atoms with Gasteiger partial charge in [-0.1, -0.05) is 12.1 Å². The quantitative estimate of drug-likeness (QED) is 0.655. The SMILES string of the molecule is COC1(C(NN)c2cc(C)c(C)cc2C)CCOCC1. The van der Waals surface area contributed by atoms with Crippen LogP contribution in [-0.2, 0) is 9.47 Å². The summed E-state index contributed by atoms with van der Waals surface area (Å²) in [6.45, 7) is 7.84. The largest absolute Gasteiger partial charge is 0.381 e. The Bertz CT molecular complexity index is 468. The molecule has 2 rings (SSSR count). The van der Waals surface area contributed by atoms with Crippen molar-refractivity contribution in [2.45, 2.75) is 45.3 Å². The fourth-order valence-corrected chi connectivity index (χ4v) is 3.15. The van der Waals surface area contributed by atoms with Crippen molar-refractivity contribution in [2.24, 2.45) is 5.84 Å². The number of nitrogens with one attached hydrogen (secondary N) is 1. The lowest BCUT2D eigenvalue weighted by molar-refractivity contribution is -0.111. The first-order valence-electron chi connectivity index (χ1n) is 7.21. The van der Waals surface area contributed by atoms with Crippen molar-refractivity contribution in [1.29, 1.82) is 0 Å². The molecule has 4 heteroatoms. The molecule has 1 unspecified atom stereocenters. The van der Waals surface area contributed by atoms with Gasteiger partial charge in [-0.2, -0.15) is 0 Å². The maximum atomic E-state index is 5.89. The molecule has 0 aliphatic carbocycles. The van der Waals surface area contributed by atoms with Crippen LogP contribution in [0, 0.1) is 20.8 Å². The smallest absolute Gasteiger partial charge is 0.0929 e. The first kappa shape index (κ1) is 15.4. The first-order valence-corrected chi connectivity index (χ1v) is 7.21. The second kappa shape index (κ2) is 6.22. The van der Waals surface area contributed by atoms with Gasteiger partial charge >= 0.3 is 0 Å². The van der Waals surface area contributed by atoms with Crippen LogP contribution in [0.15, 0.2) is 12.1 Å². The summed E-state index contributed by atoms with van der Waals surface area (Å²) in [6, 6.07) is 4.43. The van der Waals surface area contributed by atoms with Gasteiger partial charge in [-0.05, 0) is 43.0 Å². The number of methoxy groups -OCH3 is 1. The average molecular weight is 278 g/mol. The van der Waals surface area contributed by atoms with E-state index in [2.05, 4.69) is 38.3 Å². The van der Waals surface area contributed by atoms with Crippen LogP contribution in [0.3, 0.4) is 0 Å². The Morgan fingerprint density at radius 2 is 1.75 bits per heavy atom. The third-order valence-electron chi connectivity index (χ3n) is 4.63. The van der Waals surface area contributed by atoms with Crippen LogP contribution < -0.4 is 11.3 Å². The Labute approximate surface area is 121 Å². The predicted octanol–water partition coefficient (Wildman–Crippen LogP) is 2.31. The highest BCUT2D eigenvalue weighted by atomic mass is 16.5. The molecule has 0 aromatic heterocycles. The van der Waals surface area contributed by atoms with Crippen LogP contribution in [0.2, 0.25) is 0 Å². The fraction of sp³-hybridized carbons (Fsp3) is 0.625. The molecule has 1 aromatic carbocycles. The van der Waals surface area contributed by atoms with E-state index < -0.39 is 0 Å². The lowest BCUT2D eigenvalue weighted by Crippen LogP contribution is -2.51. The summed E-state index contributed by atoms with van der Waals surface area (Å²) in [5.41, 5.74) is 7.75. The molecule has 0 spiro atoms. The summed E-state index contributed by atoms with van der Waals surface area (Å²) in [5, 5.41) is 0. The molecule has 0 saturated carbocycles. The number of aryl methyl sites for hydroxylation is 3. The number of benzene rings is 1. The van der Waals surface area contributed by atoms with E-state index in [1.54, 1.807) is 7.11 Å². The van der Waals surface area contributed by atoms with Crippen molar-refractivity contribution in [3.8, 4) is 0 Å². The van der Waals surface area contributed by atoms with Crippen LogP contribution in [0.5, 0.6) is 0 Å². The second-order valence-corrected chi connectivity index (χ2v) is 5.77. The molecule has 1 aromatic rings. The zero-order valence-corrected chi connectivity index (χ0v) is 13.0. The van der Waals surface area contributed by atoms with Gasteiger partial charge < -0.3 is 9.47 Å². The molecule has 1 aliphatic heterocycles. The predicted molar refractivity (Wildman–Crippen MR) is 80.5 cm³/mol. The van der Waals surface area contributed by atoms with E-state index in [0.29, 0.717) is 0 Å². The summed E-state index contributed by atoms with van der Waals surface area (Å²) < 4.78 is 11.4. The summed E-state index contributed by atoms with van der Waals surface area (Å²) in [5.74, 6) is 5.88. The molecule has 0 radical (unpaired) electrons. The van der Waals surface area contributed by atoms with Gasteiger partial charge in [0, 0.05) is 33.2 Å². The minimum Gasteiger partial charge on any atom is -0.381 e. The van der Waals surface area contributed by atoms with Gasteiger partial charge in [-0.25, -0.2) is 0 Å². The summed E-state index contributed by atoms with van der Waals surface area (Å²) >= 11 is 0. The topological polar surface area (TPSA) is 56.5 Å². The number of ether oxygens (including phenoxy) is 2. The van der Waals surface area contributed by atoms with E-state index in [4.69, 9.17) is 15.3 Å². The molecule has 0 bridgehead atoms. The molecule has 1 heterocycles. The van der Waals surface area contributed by atoms with E-state index >= 15 is 0 Å². The van der Waals surface area contributed by atoms with Crippen LogP contribution in [0.25, 0.3) is 0 Å². The molecule has 1 atom stereocenters. The number of hydrogen-bond donors (Lipinski definition) is 2. The second-order valence-electron chi connectivity index (χ2n) is 5.77. The van der Waals surface area contributed by atoms with Gasteiger partial charge in [0.25, 0.3) is 0 Å². The maximum absolute atomic E-state index is 5.89. The lowest BCUT2D eigenvalue weighted by Gasteiger charge is -2.42. The lowest BCUT2D eigenvalue weighted by atomic mass is 9.80. The molecule has 20 heavy (non-hydrogen) atoms. The van der Waals surface area contributed by atoms with Crippen LogP contribution in [0.4, 0.5) is 0 Å². The normalized spacial score (nSPS) is 19.9. The molecule has 112 valence electrons. The molecule has 0 amide bonds. The average Bonchev–Trinajstić information content (AvgIpc) is 2.46. The zero-order valence-electron chi connectivity index (χ0n) is 13.0. The van der Waals surface area contributed by atoms with Crippen molar-refractivity contribution in [1.82, 2.24) is 5.43 Å². The highest BCUT2D eigenvalue weighted by Gasteiger charge is 2.41. The Balaban J connectivity index is 2.43. The monoisotopic (exact) mass is 278 g/mol.